The first-order chi connectivity index (χ1) is 9.11. The van der Waals surface area contributed by atoms with Crippen molar-refractivity contribution in [3.63, 3.8) is 0 Å². The zero-order valence-electron chi connectivity index (χ0n) is 12.7. The molecule has 0 heterocycles. The number of benzene rings is 1. The molecule has 19 heavy (non-hydrogen) atoms. The van der Waals surface area contributed by atoms with Gasteiger partial charge in [-0.15, -0.1) is 0 Å². The van der Waals surface area contributed by atoms with Gasteiger partial charge in [0.1, 0.15) is 0 Å². The molecule has 0 atom stereocenters. The van der Waals surface area contributed by atoms with E-state index in [2.05, 4.69) is 50.1 Å². The smallest absolute Gasteiger partial charge is 0.0431 e. The van der Waals surface area contributed by atoms with Gasteiger partial charge in [0.05, 0.1) is 0 Å². The molecule has 1 N–H and O–H groups in total. The van der Waals surface area contributed by atoms with Crippen LogP contribution in [0.15, 0.2) is 24.3 Å². The van der Waals surface area contributed by atoms with E-state index < -0.39 is 0 Å². The van der Waals surface area contributed by atoms with Crippen molar-refractivity contribution >= 4 is 0 Å². The molecule has 1 aromatic rings. The zero-order valence-corrected chi connectivity index (χ0v) is 12.7. The van der Waals surface area contributed by atoms with Crippen molar-refractivity contribution in [2.24, 2.45) is 5.92 Å². The number of hydrogen-bond acceptors (Lipinski definition) is 2. The fourth-order valence-electron chi connectivity index (χ4n) is 2.24. The van der Waals surface area contributed by atoms with Gasteiger partial charge in [-0.3, -0.25) is 0 Å². The Balaban J connectivity index is 2.29. The maximum atomic E-state index is 8.76. The number of nitrogens with zero attached hydrogens (tertiary/aromatic N) is 1. The van der Waals surface area contributed by atoms with Gasteiger partial charge in [0.25, 0.3) is 0 Å². The Labute approximate surface area is 118 Å². The Hall–Kier alpha value is -0.860. The SMILES string of the molecule is CC(C)Cc1ccc(CCN(C)CCCCO)cc1. The zero-order chi connectivity index (χ0) is 14.1. The van der Waals surface area contributed by atoms with E-state index in [0.717, 1.165) is 38.3 Å². The highest BCUT2D eigenvalue weighted by atomic mass is 16.2. The van der Waals surface area contributed by atoms with Crippen molar-refractivity contribution in [3.8, 4) is 0 Å². The molecule has 0 aromatic heterocycles. The van der Waals surface area contributed by atoms with Crippen LogP contribution in [-0.4, -0.2) is 36.8 Å². The average molecular weight is 263 g/mol. The maximum Gasteiger partial charge on any atom is 0.0431 e. The Bertz CT molecular complexity index is 332. The summed E-state index contributed by atoms with van der Waals surface area (Å²) >= 11 is 0. The van der Waals surface area contributed by atoms with Crippen LogP contribution >= 0.6 is 0 Å². The highest BCUT2D eigenvalue weighted by Crippen LogP contribution is 2.10. The minimum Gasteiger partial charge on any atom is -0.396 e. The first-order valence-electron chi connectivity index (χ1n) is 7.49. The van der Waals surface area contributed by atoms with E-state index >= 15 is 0 Å². The molecule has 2 heteroatoms. The van der Waals surface area contributed by atoms with E-state index in [4.69, 9.17) is 5.11 Å². The summed E-state index contributed by atoms with van der Waals surface area (Å²) in [4.78, 5) is 2.34. The maximum absolute atomic E-state index is 8.76. The Morgan fingerprint density at radius 1 is 1.00 bits per heavy atom. The lowest BCUT2D eigenvalue weighted by molar-refractivity contribution is 0.264. The summed E-state index contributed by atoms with van der Waals surface area (Å²) in [6.45, 7) is 7.00. The van der Waals surface area contributed by atoms with Crippen molar-refractivity contribution in [2.45, 2.75) is 39.5 Å². The first-order valence-corrected chi connectivity index (χ1v) is 7.49. The number of aliphatic hydroxyl groups excluding tert-OH is 1. The summed E-state index contributed by atoms with van der Waals surface area (Å²) in [7, 11) is 2.16. The molecule has 0 saturated carbocycles. The van der Waals surface area contributed by atoms with E-state index in [1.807, 2.05) is 0 Å². The molecular weight excluding hydrogens is 234 g/mol. The number of aliphatic hydroxyl groups is 1. The second-order valence-corrected chi connectivity index (χ2v) is 5.90. The topological polar surface area (TPSA) is 23.5 Å². The van der Waals surface area contributed by atoms with Crippen LogP contribution in [0.5, 0.6) is 0 Å². The van der Waals surface area contributed by atoms with Crippen LogP contribution in [0.3, 0.4) is 0 Å². The Kier molecular flexibility index (Phi) is 7.76. The summed E-state index contributed by atoms with van der Waals surface area (Å²) in [5.74, 6) is 0.725. The summed E-state index contributed by atoms with van der Waals surface area (Å²) in [5.41, 5.74) is 2.86. The van der Waals surface area contributed by atoms with Crippen LogP contribution in [0.1, 0.15) is 37.8 Å². The van der Waals surface area contributed by atoms with Gasteiger partial charge in [-0.1, -0.05) is 38.1 Å². The van der Waals surface area contributed by atoms with Gasteiger partial charge in [-0.25, -0.2) is 0 Å². The van der Waals surface area contributed by atoms with Crippen LogP contribution in [0.2, 0.25) is 0 Å². The van der Waals surface area contributed by atoms with Crippen molar-refractivity contribution in [2.75, 3.05) is 26.7 Å². The lowest BCUT2D eigenvalue weighted by atomic mass is 10.0. The van der Waals surface area contributed by atoms with Gasteiger partial charge in [0.15, 0.2) is 0 Å². The first kappa shape index (κ1) is 16.2. The molecule has 0 aliphatic heterocycles. The second kappa shape index (κ2) is 9.11. The van der Waals surface area contributed by atoms with Crippen LogP contribution in [0.25, 0.3) is 0 Å². The third-order valence-corrected chi connectivity index (χ3v) is 3.40. The standard InChI is InChI=1S/C17H29NO/c1-15(2)14-17-8-6-16(7-9-17)10-12-18(3)11-4-5-13-19/h6-9,15,19H,4-5,10-14H2,1-3H3. The predicted molar refractivity (Wildman–Crippen MR) is 82.5 cm³/mol. The number of unbranched alkanes of at least 4 members (excludes halogenated alkanes) is 1. The summed E-state index contributed by atoms with van der Waals surface area (Å²) in [5, 5.41) is 8.76. The molecule has 1 rings (SSSR count). The molecule has 1 aromatic carbocycles. The largest absolute Gasteiger partial charge is 0.396 e. The van der Waals surface area contributed by atoms with Gasteiger partial charge in [0, 0.05) is 13.2 Å². The predicted octanol–water partition coefficient (Wildman–Crippen LogP) is 3.13. The summed E-state index contributed by atoms with van der Waals surface area (Å²) in [6, 6.07) is 9.06. The third-order valence-electron chi connectivity index (χ3n) is 3.40. The second-order valence-electron chi connectivity index (χ2n) is 5.90. The van der Waals surface area contributed by atoms with E-state index in [1.54, 1.807) is 0 Å². The highest BCUT2D eigenvalue weighted by Gasteiger charge is 2.01. The van der Waals surface area contributed by atoms with Crippen LogP contribution in [-0.2, 0) is 12.8 Å². The molecule has 0 radical (unpaired) electrons. The quantitative estimate of drug-likeness (QED) is 0.692. The van der Waals surface area contributed by atoms with Gasteiger partial charge in [0.2, 0.25) is 0 Å². The molecule has 0 spiro atoms. The lowest BCUT2D eigenvalue weighted by Crippen LogP contribution is -2.22. The molecule has 0 saturated heterocycles. The fraction of sp³-hybridized carbons (Fsp3) is 0.647. The average Bonchev–Trinajstić information content (AvgIpc) is 2.37. The minimum atomic E-state index is 0.311. The van der Waals surface area contributed by atoms with Gasteiger partial charge in [-0.2, -0.15) is 0 Å². The van der Waals surface area contributed by atoms with Gasteiger partial charge in [-0.05, 0) is 56.3 Å². The Morgan fingerprint density at radius 2 is 1.63 bits per heavy atom. The van der Waals surface area contributed by atoms with E-state index in [9.17, 15) is 0 Å². The molecule has 0 bridgehead atoms. The molecule has 0 aliphatic carbocycles. The number of likely N-dealkylation sites (N-methyl/N-ethyl adjacent to an activating group) is 1. The van der Waals surface area contributed by atoms with Gasteiger partial charge < -0.3 is 10.0 Å². The van der Waals surface area contributed by atoms with E-state index in [0.29, 0.717) is 6.61 Å². The summed E-state index contributed by atoms with van der Waals surface area (Å²) < 4.78 is 0. The lowest BCUT2D eigenvalue weighted by Gasteiger charge is -2.16. The summed E-state index contributed by atoms with van der Waals surface area (Å²) in [6.07, 6.45) is 4.27. The number of rotatable bonds is 9. The fourth-order valence-corrected chi connectivity index (χ4v) is 2.24. The van der Waals surface area contributed by atoms with Crippen molar-refractivity contribution in [1.29, 1.82) is 0 Å². The minimum absolute atomic E-state index is 0.311. The molecule has 0 aliphatic rings. The molecule has 2 nitrogen and oxygen atoms in total. The van der Waals surface area contributed by atoms with E-state index in [1.165, 1.54) is 17.5 Å². The van der Waals surface area contributed by atoms with Crippen LogP contribution < -0.4 is 0 Å². The molecule has 0 unspecified atom stereocenters. The third kappa shape index (κ3) is 7.34. The molecule has 0 amide bonds. The van der Waals surface area contributed by atoms with Crippen LogP contribution in [0, 0.1) is 5.92 Å². The molecule has 0 fully saturated rings. The van der Waals surface area contributed by atoms with E-state index in [-0.39, 0.29) is 0 Å². The van der Waals surface area contributed by atoms with Crippen molar-refractivity contribution in [3.05, 3.63) is 35.4 Å². The Morgan fingerprint density at radius 3 is 2.21 bits per heavy atom. The van der Waals surface area contributed by atoms with Crippen molar-refractivity contribution in [1.82, 2.24) is 4.90 Å². The van der Waals surface area contributed by atoms with Gasteiger partial charge >= 0.3 is 0 Å². The molecular formula is C17H29NO. The van der Waals surface area contributed by atoms with Crippen LogP contribution in [0.4, 0.5) is 0 Å². The number of hydrogen-bond donors (Lipinski definition) is 1. The molecule has 108 valence electrons. The normalized spacial score (nSPS) is 11.5. The monoisotopic (exact) mass is 263 g/mol. The highest BCUT2D eigenvalue weighted by molar-refractivity contribution is 5.23. The van der Waals surface area contributed by atoms with Crippen molar-refractivity contribution < 1.29 is 5.11 Å².